The Labute approximate surface area is 258 Å². The van der Waals surface area contributed by atoms with E-state index in [2.05, 4.69) is 0 Å². The number of carbonyl (C=O) groups is 1. The summed E-state index contributed by atoms with van der Waals surface area (Å²) < 4.78 is 10.1. The molecule has 0 N–H and O–H groups in total. The van der Waals surface area contributed by atoms with Crippen molar-refractivity contribution < 1.29 is 9.53 Å². The van der Waals surface area contributed by atoms with Crippen LogP contribution in [-0.2, 0) is 4.79 Å². The predicted molar refractivity (Wildman–Crippen MR) is 173 cm³/mol. The second kappa shape index (κ2) is 11.7. The van der Waals surface area contributed by atoms with E-state index in [4.69, 9.17) is 21.3 Å². The van der Waals surface area contributed by atoms with Gasteiger partial charge in [0.15, 0.2) is 4.80 Å². The van der Waals surface area contributed by atoms with Crippen molar-refractivity contribution in [2.24, 2.45) is 4.99 Å². The molecule has 0 fully saturated rings. The molecule has 2 aromatic heterocycles. The van der Waals surface area contributed by atoms with Gasteiger partial charge in [0.05, 0.1) is 22.9 Å². The molecule has 1 aliphatic heterocycles. The first-order chi connectivity index (χ1) is 20.9. The summed E-state index contributed by atoms with van der Waals surface area (Å²) >= 11 is 7.43. The molecule has 5 aromatic rings. The molecule has 0 spiro atoms. The van der Waals surface area contributed by atoms with Crippen LogP contribution >= 0.6 is 22.9 Å². The number of allylic oxidation sites excluding steroid dienone is 1. The van der Waals surface area contributed by atoms with Crippen LogP contribution in [0.4, 0.5) is 0 Å². The number of nitrogens with zero attached hydrogens (tertiary/aromatic N) is 4. The van der Waals surface area contributed by atoms with E-state index in [9.17, 15) is 9.59 Å². The number of rotatable bonds is 7. The molecular weight excluding hydrogens is 580 g/mol. The van der Waals surface area contributed by atoms with Crippen LogP contribution in [0.5, 0.6) is 5.75 Å². The average molecular weight is 611 g/mol. The van der Waals surface area contributed by atoms with Gasteiger partial charge in [-0.05, 0) is 80.1 Å². The van der Waals surface area contributed by atoms with E-state index in [-0.39, 0.29) is 11.5 Å². The highest BCUT2D eigenvalue weighted by Gasteiger charge is 2.36. The van der Waals surface area contributed by atoms with Gasteiger partial charge in [-0.2, -0.15) is 0 Å². The summed E-state index contributed by atoms with van der Waals surface area (Å²) in [5.41, 5.74) is 3.38. The van der Waals surface area contributed by atoms with Crippen LogP contribution in [0.25, 0.3) is 22.5 Å². The fraction of sp³-hybridized carbons (Fsp3) is 0.206. The topological polar surface area (TPSA) is 68.8 Å². The first-order valence-corrected chi connectivity index (χ1v) is 15.4. The number of methoxy groups -OCH3 is 1. The van der Waals surface area contributed by atoms with E-state index in [1.807, 2.05) is 110 Å². The Morgan fingerprint density at radius 1 is 1.05 bits per heavy atom. The third kappa shape index (κ3) is 5.00. The SMILES string of the molecule is CCN(CC)C(=O)C1=C(C)N=c2s/c(=C/c3cccn3-c3ccc(Cl)cc3)c(=O)n2[C@@H]1c1c(OC)ccc2ccccc12. The minimum absolute atomic E-state index is 0.142. The Bertz CT molecular complexity index is 2070. The number of carbonyl (C=O) groups excluding carboxylic acids is 1. The maximum Gasteiger partial charge on any atom is 0.271 e. The van der Waals surface area contributed by atoms with E-state index in [1.165, 1.54) is 11.3 Å². The molecule has 43 heavy (non-hydrogen) atoms. The zero-order valence-corrected chi connectivity index (χ0v) is 25.9. The number of benzene rings is 3. The lowest BCUT2D eigenvalue weighted by Gasteiger charge is -2.30. The van der Waals surface area contributed by atoms with E-state index < -0.39 is 6.04 Å². The summed E-state index contributed by atoms with van der Waals surface area (Å²) in [5, 5.41) is 2.56. The Kier molecular flexibility index (Phi) is 7.81. The third-order valence-electron chi connectivity index (χ3n) is 7.89. The highest BCUT2D eigenvalue weighted by molar-refractivity contribution is 7.07. The number of aromatic nitrogens is 2. The lowest BCUT2D eigenvalue weighted by molar-refractivity contribution is -0.127. The van der Waals surface area contributed by atoms with Gasteiger partial charge in [-0.15, -0.1) is 0 Å². The number of fused-ring (bicyclic) bond motifs is 2. The van der Waals surface area contributed by atoms with Crippen molar-refractivity contribution in [3.63, 3.8) is 0 Å². The molecule has 0 saturated carbocycles. The van der Waals surface area contributed by atoms with Gasteiger partial charge in [0.2, 0.25) is 0 Å². The van der Waals surface area contributed by atoms with Crippen LogP contribution in [0, 0.1) is 0 Å². The molecule has 0 radical (unpaired) electrons. The molecule has 9 heteroatoms. The summed E-state index contributed by atoms with van der Waals surface area (Å²) in [6.45, 7) is 6.84. The van der Waals surface area contributed by atoms with Crippen LogP contribution in [0.1, 0.15) is 38.1 Å². The number of ether oxygens (including phenoxy) is 1. The van der Waals surface area contributed by atoms with E-state index in [0.717, 1.165) is 27.7 Å². The highest BCUT2D eigenvalue weighted by atomic mass is 35.5. The molecule has 0 aliphatic carbocycles. The Balaban J connectivity index is 1.62. The molecule has 0 unspecified atom stereocenters. The lowest BCUT2D eigenvalue weighted by atomic mass is 9.90. The van der Waals surface area contributed by atoms with Gasteiger partial charge in [-0.1, -0.05) is 53.3 Å². The van der Waals surface area contributed by atoms with Crippen molar-refractivity contribution in [1.82, 2.24) is 14.0 Å². The summed E-state index contributed by atoms with van der Waals surface area (Å²) in [7, 11) is 1.62. The molecule has 0 saturated heterocycles. The second-order valence-electron chi connectivity index (χ2n) is 10.2. The summed E-state index contributed by atoms with van der Waals surface area (Å²) in [5.74, 6) is 0.464. The Morgan fingerprint density at radius 3 is 2.51 bits per heavy atom. The minimum atomic E-state index is -0.726. The molecule has 1 atom stereocenters. The maximum absolute atomic E-state index is 14.4. The first kappa shape index (κ1) is 28.7. The molecule has 3 heterocycles. The van der Waals surface area contributed by atoms with Crippen LogP contribution in [0.3, 0.4) is 0 Å². The number of thiazole rings is 1. The number of hydrogen-bond acceptors (Lipinski definition) is 5. The van der Waals surface area contributed by atoms with Crippen LogP contribution in [0.15, 0.2) is 100 Å². The van der Waals surface area contributed by atoms with Crippen molar-refractivity contribution in [1.29, 1.82) is 0 Å². The van der Waals surface area contributed by atoms with Crippen molar-refractivity contribution in [2.75, 3.05) is 20.2 Å². The van der Waals surface area contributed by atoms with Crippen LogP contribution < -0.4 is 19.6 Å². The van der Waals surface area contributed by atoms with Gasteiger partial charge >= 0.3 is 0 Å². The highest BCUT2D eigenvalue weighted by Crippen LogP contribution is 2.40. The van der Waals surface area contributed by atoms with Gasteiger partial charge < -0.3 is 14.2 Å². The number of halogens is 1. The van der Waals surface area contributed by atoms with Gasteiger partial charge in [0, 0.05) is 41.3 Å². The zero-order valence-electron chi connectivity index (χ0n) is 24.4. The van der Waals surface area contributed by atoms with Crippen LogP contribution in [-0.4, -0.2) is 40.1 Å². The molecule has 218 valence electrons. The smallest absolute Gasteiger partial charge is 0.271 e. The third-order valence-corrected chi connectivity index (χ3v) is 9.13. The zero-order chi connectivity index (χ0) is 30.2. The van der Waals surface area contributed by atoms with Gasteiger partial charge in [-0.25, -0.2) is 4.99 Å². The van der Waals surface area contributed by atoms with Crippen molar-refractivity contribution >= 4 is 45.7 Å². The van der Waals surface area contributed by atoms with E-state index in [0.29, 0.717) is 44.5 Å². The van der Waals surface area contributed by atoms with Crippen molar-refractivity contribution in [3.05, 3.63) is 126 Å². The Hall–Kier alpha value is -4.40. The fourth-order valence-electron chi connectivity index (χ4n) is 5.77. The van der Waals surface area contributed by atoms with Crippen molar-refractivity contribution in [3.8, 4) is 11.4 Å². The molecular formula is C34H31ClN4O3S. The molecule has 3 aromatic carbocycles. The lowest BCUT2D eigenvalue weighted by Crippen LogP contribution is -2.43. The monoisotopic (exact) mass is 610 g/mol. The molecule has 6 rings (SSSR count). The number of amides is 1. The Morgan fingerprint density at radius 2 is 1.79 bits per heavy atom. The van der Waals surface area contributed by atoms with E-state index in [1.54, 1.807) is 16.6 Å². The second-order valence-corrected chi connectivity index (χ2v) is 11.7. The van der Waals surface area contributed by atoms with Crippen molar-refractivity contribution in [2.45, 2.75) is 26.8 Å². The average Bonchev–Trinajstić information content (AvgIpc) is 3.60. The van der Waals surface area contributed by atoms with Gasteiger partial charge in [0.25, 0.3) is 11.5 Å². The predicted octanol–water partition coefficient (Wildman–Crippen LogP) is 5.71. The maximum atomic E-state index is 14.4. The standard InChI is InChI=1S/C34H31ClN4O3S/c1-5-37(6-2)33(41)29-21(3)36-34-39(31(29)30-26-12-8-7-10-22(26)13-18-27(30)42-4)32(40)28(43-34)20-25-11-9-19-38(25)24-16-14-23(35)15-17-24/h7-20,31H,5-6H2,1-4H3/b28-20+/t31-/m0/s1. The molecule has 1 aliphatic rings. The fourth-order valence-corrected chi connectivity index (χ4v) is 6.93. The molecule has 0 bridgehead atoms. The molecule has 1 amide bonds. The summed E-state index contributed by atoms with van der Waals surface area (Å²) in [6, 6.07) is 22.6. The normalized spacial score (nSPS) is 15.0. The number of hydrogen-bond donors (Lipinski definition) is 0. The van der Waals surface area contributed by atoms with Gasteiger partial charge in [0.1, 0.15) is 11.8 Å². The quantitative estimate of drug-likeness (QED) is 0.237. The summed E-state index contributed by atoms with van der Waals surface area (Å²) in [6.07, 6.45) is 3.82. The minimum Gasteiger partial charge on any atom is -0.496 e. The van der Waals surface area contributed by atoms with Crippen LogP contribution in [0.2, 0.25) is 5.02 Å². The first-order valence-electron chi connectivity index (χ1n) is 14.2. The number of likely N-dealkylation sites (N-methyl/N-ethyl adjacent to an activating group) is 1. The summed E-state index contributed by atoms with van der Waals surface area (Å²) in [4.78, 5) is 35.7. The molecule has 7 nitrogen and oxygen atoms in total. The van der Waals surface area contributed by atoms with E-state index >= 15 is 0 Å². The van der Waals surface area contributed by atoms with Gasteiger partial charge in [-0.3, -0.25) is 14.2 Å². The largest absolute Gasteiger partial charge is 0.496 e.